The lowest BCUT2D eigenvalue weighted by Crippen LogP contribution is -2.22. The van der Waals surface area contributed by atoms with Crippen molar-refractivity contribution < 1.29 is 0 Å². The van der Waals surface area contributed by atoms with Crippen molar-refractivity contribution in [3.05, 3.63) is 18.2 Å². The van der Waals surface area contributed by atoms with Crippen LogP contribution in [0, 0.1) is 0 Å². The number of nitrogens with zero attached hydrogens (tertiary/aromatic N) is 2. The van der Waals surface area contributed by atoms with Crippen molar-refractivity contribution in [1.29, 1.82) is 0 Å². The highest BCUT2D eigenvalue weighted by Gasteiger charge is 2.06. The molecule has 1 aromatic rings. The molecule has 2 N–H and O–H groups in total. The van der Waals surface area contributed by atoms with Crippen molar-refractivity contribution in [1.82, 2.24) is 0 Å². The van der Waals surface area contributed by atoms with Gasteiger partial charge in [0, 0.05) is 32.9 Å². The van der Waals surface area contributed by atoms with E-state index in [1.165, 1.54) is 5.69 Å². The SMILES string of the molecule is CCN(CC)c1ccc(N(C)C)c(N)c1. The van der Waals surface area contributed by atoms with Crippen LogP contribution in [0.5, 0.6) is 0 Å². The van der Waals surface area contributed by atoms with Gasteiger partial charge in [-0.3, -0.25) is 0 Å². The number of hydrogen-bond donors (Lipinski definition) is 1. The third-order valence-corrected chi connectivity index (χ3v) is 2.62. The molecular weight excluding hydrogens is 186 g/mol. The molecule has 15 heavy (non-hydrogen) atoms. The van der Waals surface area contributed by atoms with Gasteiger partial charge in [0.1, 0.15) is 0 Å². The molecule has 0 saturated heterocycles. The Morgan fingerprint density at radius 2 is 1.73 bits per heavy atom. The van der Waals surface area contributed by atoms with E-state index in [2.05, 4.69) is 30.9 Å². The van der Waals surface area contributed by atoms with E-state index in [0.29, 0.717) is 0 Å². The van der Waals surface area contributed by atoms with Crippen LogP contribution in [0.3, 0.4) is 0 Å². The van der Waals surface area contributed by atoms with Crippen molar-refractivity contribution in [3.8, 4) is 0 Å². The molecule has 3 heteroatoms. The second-order valence-electron chi connectivity index (χ2n) is 3.81. The Kier molecular flexibility index (Phi) is 3.83. The predicted molar refractivity (Wildman–Crippen MR) is 68.7 cm³/mol. The summed E-state index contributed by atoms with van der Waals surface area (Å²) in [5, 5.41) is 0. The molecule has 0 atom stereocenters. The van der Waals surface area contributed by atoms with Crippen LogP contribution in [0.15, 0.2) is 18.2 Å². The smallest absolute Gasteiger partial charge is 0.0596 e. The third-order valence-electron chi connectivity index (χ3n) is 2.62. The van der Waals surface area contributed by atoms with Gasteiger partial charge in [-0.1, -0.05) is 0 Å². The Bertz CT molecular complexity index is 317. The number of nitrogens with two attached hydrogens (primary N) is 1. The molecule has 0 saturated carbocycles. The van der Waals surface area contributed by atoms with Crippen LogP contribution in [0.25, 0.3) is 0 Å². The number of benzene rings is 1. The van der Waals surface area contributed by atoms with Crippen molar-refractivity contribution in [3.63, 3.8) is 0 Å². The van der Waals surface area contributed by atoms with Crippen molar-refractivity contribution in [2.45, 2.75) is 13.8 Å². The summed E-state index contributed by atoms with van der Waals surface area (Å²) in [6.45, 7) is 6.33. The lowest BCUT2D eigenvalue weighted by atomic mass is 10.2. The molecular formula is C12H21N3. The normalized spacial score (nSPS) is 10.1. The first-order chi connectivity index (χ1) is 7.10. The highest BCUT2D eigenvalue weighted by molar-refractivity contribution is 5.72. The van der Waals surface area contributed by atoms with E-state index in [0.717, 1.165) is 24.5 Å². The van der Waals surface area contributed by atoms with Crippen LogP contribution in [-0.4, -0.2) is 27.2 Å². The van der Waals surface area contributed by atoms with Crippen LogP contribution in [0.1, 0.15) is 13.8 Å². The van der Waals surface area contributed by atoms with Crippen molar-refractivity contribution in [2.24, 2.45) is 0 Å². The maximum atomic E-state index is 6.00. The molecule has 0 radical (unpaired) electrons. The molecule has 3 nitrogen and oxygen atoms in total. The topological polar surface area (TPSA) is 32.5 Å². The summed E-state index contributed by atoms with van der Waals surface area (Å²) in [7, 11) is 4.01. The molecule has 0 aliphatic heterocycles. The summed E-state index contributed by atoms with van der Waals surface area (Å²) < 4.78 is 0. The Balaban J connectivity index is 3.00. The predicted octanol–water partition coefficient (Wildman–Crippen LogP) is 2.18. The van der Waals surface area contributed by atoms with Gasteiger partial charge in [-0.25, -0.2) is 0 Å². The monoisotopic (exact) mass is 207 g/mol. The number of hydrogen-bond acceptors (Lipinski definition) is 3. The van der Waals surface area contributed by atoms with Crippen LogP contribution < -0.4 is 15.5 Å². The van der Waals surface area contributed by atoms with E-state index in [1.54, 1.807) is 0 Å². The largest absolute Gasteiger partial charge is 0.397 e. The average molecular weight is 207 g/mol. The molecule has 84 valence electrons. The maximum Gasteiger partial charge on any atom is 0.0596 e. The second kappa shape index (κ2) is 4.91. The first kappa shape index (κ1) is 11.7. The molecule has 0 heterocycles. The maximum absolute atomic E-state index is 6.00. The molecule has 0 amide bonds. The van der Waals surface area contributed by atoms with E-state index in [9.17, 15) is 0 Å². The van der Waals surface area contributed by atoms with Crippen molar-refractivity contribution in [2.75, 3.05) is 42.7 Å². The zero-order chi connectivity index (χ0) is 11.4. The van der Waals surface area contributed by atoms with Gasteiger partial charge >= 0.3 is 0 Å². The molecule has 1 rings (SSSR count). The van der Waals surface area contributed by atoms with Gasteiger partial charge in [0.05, 0.1) is 11.4 Å². The Morgan fingerprint density at radius 3 is 2.13 bits per heavy atom. The van der Waals surface area contributed by atoms with Gasteiger partial charge in [-0.05, 0) is 32.0 Å². The molecule has 0 aliphatic carbocycles. The van der Waals surface area contributed by atoms with Gasteiger partial charge in [0.25, 0.3) is 0 Å². The fourth-order valence-electron chi connectivity index (χ4n) is 1.73. The molecule has 0 aromatic heterocycles. The van der Waals surface area contributed by atoms with E-state index in [4.69, 9.17) is 5.73 Å². The Labute approximate surface area is 92.5 Å². The minimum atomic E-state index is 0.837. The van der Waals surface area contributed by atoms with Crippen LogP contribution in [0.2, 0.25) is 0 Å². The summed E-state index contributed by atoms with van der Waals surface area (Å²) >= 11 is 0. The molecule has 0 aliphatic rings. The van der Waals surface area contributed by atoms with Crippen LogP contribution in [0.4, 0.5) is 17.1 Å². The molecule has 0 unspecified atom stereocenters. The number of rotatable bonds is 4. The third kappa shape index (κ3) is 2.55. The van der Waals surface area contributed by atoms with Gasteiger partial charge in [0.15, 0.2) is 0 Å². The summed E-state index contributed by atoms with van der Waals surface area (Å²) in [6.07, 6.45) is 0. The second-order valence-corrected chi connectivity index (χ2v) is 3.81. The quantitative estimate of drug-likeness (QED) is 0.768. The molecule has 0 bridgehead atoms. The van der Waals surface area contributed by atoms with E-state index in [-0.39, 0.29) is 0 Å². The van der Waals surface area contributed by atoms with Gasteiger partial charge in [-0.2, -0.15) is 0 Å². The minimum absolute atomic E-state index is 0.837. The highest BCUT2D eigenvalue weighted by atomic mass is 15.1. The van der Waals surface area contributed by atoms with Gasteiger partial charge in [0.2, 0.25) is 0 Å². The molecule has 0 fully saturated rings. The summed E-state index contributed by atoms with van der Waals surface area (Å²) in [4.78, 5) is 4.32. The first-order valence-electron chi connectivity index (χ1n) is 5.42. The Morgan fingerprint density at radius 1 is 1.13 bits per heavy atom. The first-order valence-corrected chi connectivity index (χ1v) is 5.42. The van der Waals surface area contributed by atoms with Crippen LogP contribution in [-0.2, 0) is 0 Å². The standard InChI is InChI=1S/C12H21N3/c1-5-15(6-2)10-7-8-12(14(3)4)11(13)9-10/h7-9H,5-6,13H2,1-4H3. The summed E-state index contributed by atoms with van der Waals surface area (Å²) in [5.41, 5.74) is 9.11. The summed E-state index contributed by atoms with van der Waals surface area (Å²) in [5.74, 6) is 0. The molecule has 1 aromatic carbocycles. The van der Waals surface area contributed by atoms with Crippen molar-refractivity contribution >= 4 is 17.1 Å². The minimum Gasteiger partial charge on any atom is -0.397 e. The lowest BCUT2D eigenvalue weighted by molar-refractivity contribution is 0.866. The highest BCUT2D eigenvalue weighted by Crippen LogP contribution is 2.26. The van der Waals surface area contributed by atoms with E-state index < -0.39 is 0 Å². The fraction of sp³-hybridized carbons (Fsp3) is 0.500. The average Bonchev–Trinajstić information content (AvgIpc) is 2.19. The van der Waals surface area contributed by atoms with Gasteiger partial charge < -0.3 is 15.5 Å². The lowest BCUT2D eigenvalue weighted by Gasteiger charge is -2.23. The zero-order valence-corrected chi connectivity index (χ0v) is 10.1. The van der Waals surface area contributed by atoms with E-state index >= 15 is 0 Å². The molecule has 0 spiro atoms. The number of nitrogen functional groups attached to an aromatic ring is 1. The zero-order valence-electron chi connectivity index (χ0n) is 10.1. The van der Waals surface area contributed by atoms with Gasteiger partial charge in [-0.15, -0.1) is 0 Å². The fourth-order valence-corrected chi connectivity index (χ4v) is 1.73. The Hall–Kier alpha value is -1.38. The number of anilines is 3. The van der Waals surface area contributed by atoms with E-state index in [1.807, 2.05) is 25.1 Å². The van der Waals surface area contributed by atoms with Crippen LogP contribution >= 0.6 is 0 Å². The summed E-state index contributed by atoms with van der Waals surface area (Å²) in [6, 6.07) is 6.24.